The number of benzene rings is 1. The molecule has 0 atom stereocenters. The van der Waals surface area contributed by atoms with E-state index in [0.717, 1.165) is 36.4 Å². The van der Waals surface area contributed by atoms with Gasteiger partial charge in [-0.25, -0.2) is 4.99 Å². The predicted octanol–water partition coefficient (Wildman–Crippen LogP) is 3.68. The largest absolute Gasteiger partial charge is 0.370 e. The van der Waals surface area contributed by atoms with Gasteiger partial charge in [-0.3, -0.25) is 0 Å². The Balaban J connectivity index is 0.00000161. The molecule has 1 saturated carbocycles. The summed E-state index contributed by atoms with van der Waals surface area (Å²) in [5.41, 5.74) is 7.55. The Morgan fingerprint density at radius 1 is 1.19 bits per heavy atom. The number of guanidine groups is 1. The van der Waals surface area contributed by atoms with Gasteiger partial charge in [0.15, 0.2) is 5.96 Å². The van der Waals surface area contributed by atoms with Crippen LogP contribution in [0.4, 0.5) is 0 Å². The van der Waals surface area contributed by atoms with Crippen LogP contribution in [0.15, 0.2) is 33.7 Å². The Morgan fingerprint density at radius 3 is 2.43 bits per heavy atom. The lowest BCUT2D eigenvalue weighted by Crippen LogP contribution is -2.44. The molecule has 2 aliphatic rings. The molecule has 1 aliphatic carbocycles. The van der Waals surface area contributed by atoms with Gasteiger partial charge in [0.1, 0.15) is 0 Å². The van der Waals surface area contributed by atoms with E-state index < -0.39 is 0 Å². The van der Waals surface area contributed by atoms with E-state index in [-0.39, 0.29) is 24.0 Å². The smallest absolute Gasteiger partial charge is 0.191 e. The molecular formula is C15H21BrIN3S. The number of aliphatic imine (C=N–C) groups is 1. The van der Waals surface area contributed by atoms with Crippen LogP contribution in [0.3, 0.4) is 0 Å². The second kappa shape index (κ2) is 8.06. The van der Waals surface area contributed by atoms with Crippen LogP contribution in [0.25, 0.3) is 0 Å². The number of rotatable bonds is 2. The van der Waals surface area contributed by atoms with Crippen LogP contribution in [-0.4, -0.2) is 41.5 Å². The summed E-state index contributed by atoms with van der Waals surface area (Å²) in [6.07, 6.45) is 2.26. The maximum absolute atomic E-state index is 6.12. The Hall–Kier alpha value is 0.0500. The van der Waals surface area contributed by atoms with Crippen molar-refractivity contribution in [2.24, 2.45) is 10.7 Å². The first-order valence-electron chi connectivity index (χ1n) is 7.14. The fourth-order valence-corrected chi connectivity index (χ4v) is 3.93. The molecule has 1 aromatic carbocycles. The summed E-state index contributed by atoms with van der Waals surface area (Å²) in [5.74, 6) is 3.75. The van der Waals surface area contributed by atoms with Gasteiger partial charge in [-0.05, 0) is 36.5 Å². The molecule has 0 bridgehead atoms. The van der Waals surface area contributed by atoms with Crippen molar-refractivity contribution in [2.75, 3.05) is 24.6 Å². The molecule has 0 radical (unpaired) electrons. The standard InChI is InChI=1S/C15H20BrN3S.HI/c16-13-3-1-11(2-4-13)12-9-14(10-12)18-15(17)19-5-7-20-8-6-19;/h1-4,12,14H,5-10H2,(H2,17,18);1H. The third-order valence-electron chi connectivity index (χ3n) is 4.10. The lowest BCUT2D eigenvalue weighted by molar-refractivity contribution is 0.345. The Morgan fingerprint density at radius 2 is 1.81 bits per heavy atom. The maximum Gasteiger partial charge on any atom is 0.191 e. The van der Waals surface area contributed by atoms with E-state index in [0.29, 0.717) is 12.0 Å². The monoisotopic (exact) mass is 481 g/mol. The Labute approximate surface area is 156 Å². The molecule has 2 N–H and O–H groups in total. The summed E-state index contributed by atoms with van der Waals surface area (Å²) in [7, 11) is 0. The summed E-state index contributed by atoms with van der Waals surface area (Å²) in [6.45, 7) is 2.09. The van der Waals surface area contributed by atoms with Gasteiger partial charge < -0.3 is 10.6 Å². The van der Waals surface area contributed by atoms with Gasteiger partial charge in [-0.2, -0.15) is 11.8 Å². The molecule has 0 unspecified atom stereocenters. The minimum absolute atomic E-state index is 0. The van der Waals surface area contributed by atoms with E-state index in [1.54, 1.807) is 0 Å². The first-order chi connectivity index (χ1) is 9.72. The summed E-state index contributed by atoms with van der Waals surface area (Å²) in [5, 5.41) is 0. The number of halogens is 2. The second-order valence-corrected chi connectivity index (χ2v) is 7.60. The molecule has 116 valence electrons. The highest BCUT2D eigenvalue weighted by Crippen LogP contribution is 2.39. The number of hydrogen-bond donors (Lipinski definition) is 1. The summed E-state index contributed by atoms with van der Waals surface area (Å²) in [4.78, 5) is 6.93. The fraction of sp³-hybridized carbons (Fsp3) is 0.533. The molecule has 21 heavy (non-hydrogen) atoms. The molecule has 6 heteroatoms. The highest BCUT2D eigenvalue weighted by Gasteiger charge is 2.30. The van der Waals surface area contributed by atoms with Gasteiger partial charge in [0, 0.05) is 29.1 Å². The topological polar surface area (TPSA) is 41.6 Å². The number of nitrogens with zero attached hydrogens (tertiary/aromatic N) is 2. The molecule has 0 aromatic heterocycles. The lowest BCUT2D eigenvalue weighted by atomic mass is 9.76. The van der Waals surface area contributed by atoms with Crippen molar-refractivity contribution >= 4 is 57.6 Å². The van der Waals surface area contributed by atoms with Crippen LogP contribution < -0.4 is 5.73 Å². The van der Waals surface area contributed by atoms with Crippen LogP contribution >= 0.6 is 51.7 Å². The van der Waals surface area contributed by atoms with Gasteiger partial charge in [0.2, 0.25) is 0 Å². The molecule has 1 heterocycles. The van der Waals surface area contributed by atoms with Crippen molar-refractivity contribution in [2.45, 2.75) is 24.8 Å². The van der Waals surface area contributed by atoms with E-state index in [9.17, 15) is 0 Å². The molecular weight excluding hydrogens is 461 g/mol. The van der Waals surface area contributed by atoms with Gasteiger partial charge in [-0.15, -0.1) is 24.0 Å². The lowest BCUT2D eigenvalue weighted by Gasteiger charge is -2.35. The average Bonchev–Trinajstić information content (AvgIpc) is 2.44. The molecule has 0 spiro atoms. The maximum atomic E-state index is 6.12. The first kappa shape index (κ1) is 17.4. The zero-order chi connectivity index (χ0) is 13.9. The van der Waals surface area contributed by atoms with Crippen LogP contribution in [0, 0.1) is 0 Å². The third kappa shape index (κ3) is 4.51. The number of thioether (sulfide) groups is 1. The van der Waals surface area contributed by atoms with E-state index in [1.807, 2.05) is 11.8 Å². The van der Waals surface area contributed by atoms with E-state index in [1.165, 1.54) is 17.1 Å². The number of nitrogens with two attached hydrogens (primary N) is 1. The van der Waals surface area contributed by atoms with Gasteiger partial charge in [0.25, 0.3) is 0 Å². The molecule has 3 rings (SSSR count). The van der Waals surface area contributed by atoms with Crippen molar-refractivity contribution in [3.8, 4) is 0 Å². The quantitative estimate of drug-likeness (QED) is 0.398. The first-order valence-corrected chi connectivity index (χ1v) is 9.08. The molecule has 0 amide bonds. The molecule has 1 aromatic rings. The van der Waals surface area contributed by atoms with Crippen LogP contribution in [0.2, 0.25) is 0 Å². The zero-order valence-electron chi connectivity index (χ0n) is 11.9. The van der Waals surface area contributed by atoms with Crippen LogP contribution in [0.1, 0.15) is 24.3 Å². The Bertz CT molecular complexity index is 482. The normalized spacial score (nSPS) is 26.0. The summed E-state index contributed by atoms with van der Waals surface area (Å²) >= 11 is 5.47. The third-order valence-corrected chi connectivity index (χ3v) is 5.58. The Kier molecular flexibility index (Phi) is 6.68. The van der Waals surface area contributed by atoms with Crippen LogP contribution in [-0.2, 0) is 0 Å². The predicted molar refractivity (Wildman–Crippen MR) is 106 cm³/mol. The average molecular weight is 482 g/mol. The van der Waals surface area contributed by atoms with Crippen molar-refractivity contribution in [3.05, 3.63) is 34.3 Å². The van der Waals surface area contributed by atoms with Gasteiger partial charge in [-0.1, -0.05) is 28.1 Å². The van der Waals surface area contributed by atoms with Crippen molar-refractivity contribution < 1.29 is 0 Å². The zero-order valence-corrected chi connectivity index (χ0v) is 16.6. The van der Waals surface area contributed by atoms with Crippen molar-refractivity contribution in [1.29, 1.82) is 0 Å². The minimum atomic E-state index is 0. The molecule has 1 saturated heterocycles. The molecule has 2 fully saturated rings. The van der Waals surface area contributed by atoms with Gasteiger partial charge >= 0.3 is 0 Å². The summed E-state index contributed by atoms with van der Waals surface area (Å²) in [6, 6.07) is 9.06. The SMILES string of the molecule is I.NC(=NC1CC(c2ccc(Br)cc2)C1)N1CCSCC1. The summed E-state index contributed by atoms with van der Waals surface area (Å²) < 4.78 is 1.14. The fourth-order valence-electron chi connectivity index (χ4n) is 2.76. The highest BCUT2D eigenvalue weighted by molar-refractivity contribution is 14.0. The van der Waals surface area contributed by atoms with Gasteiger partial charge in [0.05, 0.1) is 6.04 Å². The minimum Gasteiger partial charge on any atom is -0.370 e. The van der Waals surface area contributed by atoms with E-state index in [2.05, 4.69) is 45.1 Å². The van der Waals surface area contributed by atoms with E-state index >= 15 is 0 Å². The van der Waals surface area contributed by atoms with Crippen molar-refractivity contribution in [3.63, 3.8) is 0 Å². The number of hydrogen-bond acceptors (Lipinski definition) is 2. The highest BCUT2D eigenvalue weighted by atomic mass is 127. The van der Waals surface area contributed by atoms with E-state index in [4.69, 9.17) is 10.7 Å². The molecule has 3 nitrogen and oxygen atoms in total. The molecule has 1 aliphatic heterocycles. The van der Waals surface area contributed by atoms with Crippen molar-refractivity contribution in [1.82, 2.24) is 4.90 Å². The second-order valence-electron chi connectivity index (χ2n) is 5.46. The van der Waals surface area contributed by atoms with Crippen LogP contribution in [0.5, 0.6) is 0 Å².